The zero-order valence-electron chi connectivity index (χ0n) is 30.3. The molecule has 7 nitrogen and oxygen atoms in total. The number of thioether (sulfide) groups is 1. The first-order valence-corrected chi connectivity index (χ1v) is 20.3. The molecule has 1 saturated heterocycles. The van der Waals surface area contributed by atoms with E-state index in [1.807, 2.05) is 71.7 Å². The molecule has 0 N–H and O–H groups in total. The van der Waals surface area contributed by atoms with Gasteiger partial charge in [-0.1, -0.05) is 115 Å². The lowest BCUT2D eigenvalue weighted by Crippen LogP contribution is -2.56. The van der Waals surface area contributed by atoms with Crippen molar-refractivity contribution in [3.63, 3.8) is 0 Å². The number of nitrogens with zero attached hydrogens (tertiary/aromatic N) is 5. The molecule has 1 aliphatic rings. The van der Waals surface area contributed by atoms with Crippen molar-refractivity contribution >= 4 is 51.6 Å². The van der Waals surface area contributed by atoms with Crippen LogP contribution in [-0.2, 0) is 22.6 Å². The fourth-order valence-corrected chi connectivity index (χ4v) is 9.52. The van der Waals surface area contributed by atoms with E-state index in [0.29, 0.717) is 31.1 Å². The molecule has 1 atom stereocenters. The zero-order valence-corrected chi connectivity index (χ0v) is 33.3. The van der Waals surface area contributed by atoms with Crippen molar-refractivity contribution in [2.24, 2.45) is 0 Å². The highest BCUT2D eigenvalue weighted by atomic mass is 127. The highest BCUT2D eigenvalue weighted by Crippen LogP contribution is 2.49. The lowest BCUT2D eigenvalue weighted by Gasteiger charge is -2.42. The van der Waals surface area contributed by atoms with Gasteiger partial charge in [0.25, 0.3) is 0 Å². The molecule has 0 saturated carbocycles. The molecule has 0 radical (unpaired) electrons. The highest BCUT2D eigenvalue weighted by molar-refractivity contribution is 14.1. The monoisotopic (exact) mass is 861 g/mol. The fourth-order valence-electron chi connectivity index (χ4n) is 7.29. The molecule has 1 aliphatic heterocycles. The Morgan fingerprint density at radius 3 is 2.11 bits per heavy atom. The number of amides is 1. The smallest absolute Gasteiger partial charge is 0.241 e. The summed E-state index contributed by atoms with van der Waals surface area (Å²) in [6.07, 6.45) is 4.53. The van der Waals surface area contributed by atoms with Crippen molar-refractivity contribution < 1.29 is 13.9 Å². The Labute approximate surface area is 340 Å². The summed E-state index contributed by atoms with van der Waals surface area (Å²) >= 11 is 4.15. The number of ether oxygens (including phenoxy) is 1. The number of carbonyl (C=O) groups is 1. The van der Waals surface area contributed by atoms with E-state index in [0.717, 1.165) is 32.7 Å². The number of benzene rings is 5. The van der Waals surface area contributed by atoms with Gasteiger partial charge in [-0.3, -0.25) is 9.69 Å². The van der Waals surface area contributed by atoms with Gasteiger partial charge in [-0.15, -0.1) is 11.8 Å². The van der Waals surface area contributed by atoms with Gasteiger partial charge in [0.15, 0.2) is 5.69 Å². The van der Waals surface area contributed by atoms with Crippen LogP contribution in [-0.4, -0.2) is 58.5 Å². The molecule has 1 fully saturated rings. The highest BCUT2D eigenvalue weighted by Gasteiger charge is 2.38. The van der Waals surface area contributed by atoms with Crippen molar-refractivity contribution in [2.75, 3.05) is 37.0 Å². The van der Waals surface area contributed by atoms with Crippen LogP contribution >= 0.6 is 34.4 Å². The largest absolute Gasteiger partial charge is 0.491 e. The van der Waals surface area contributed by atoms with Crippen LogP contribution in [0, 0.1) is 10.1 Å². The second-order valence-electron chi connectivity index (χ2n) is 13.5. The molecular formula is C45H41FIN5O2S. The summed E-state index contributed by atoms with van der Waals surface area (Å²) in [5, 5.41) is 0. The molecule has 2 heterocycles. The lowest BCUT2D eigenvalue weighted by atomic mass is 9.84. The maximum Gasteiger partial charge on any atom is 0.241 e. The van der Waals surface area contributed by atoms with Crippen LogP contribution in [0.25, 0.3) is 4.85 Å². The number of aromatic nitrogens is 2. The van der Waals surface area contributed by atoms with E-state index < -0.39 is 11.4 Å². The van der Waals surface area contributed by atoms with Gasteiger partial charge in [-0.05, 0) is 69.2 Å². The first-order chi connectivity index (χ1) is 27.0. The Bertz CT molecular complexity index is 2120. The van der Waals surface area contributed by atoms with Gasteiger partial charge in [-0.2, -0.15) is 0 Å². The zero-order chi connectivity index (χ0) is 38.0. The van der Waals surface area contributed by atoms with Crippen LogP contribution in [0.2, 0.25) is 0 Å². The van der Waals surface area contributed by atoms with Gasteiger partial charge in [0.1, 0.15) is 19.0 Å². The Morgan fingerprint density at radius 2 is 1.51 bits per heavy atom. The molecule has 0 unspecified atom stereocenters. The summed E-state index contributed by atoms with van der Waals surface area (Å²) in [4.78, 5) is 26.3. The number of hydrogen-bond donors (Lipinski definition) is 0. The second-order valence-corrected chi connectivity index (χ2v) is 16.0. The predicted octanol–water partition coefficient (Wildman–Crippen LogP) is 9.77. The molecule has 0 spiro atoms. The van der Waals surface area contributed by atoms with E-state index in [4.69, 9.17) is 11.3 Å². The molecule has 5 aromatic carbocycles. The molecule has 1 amide bonds. The molecule has 7 rings (SSSR count). The number of hydrogen-bond acceptors (Lipinski definition) is 5. The van der Waals surface area contributed by atoms with E-state index >= 15 is 0 Å². The molecule has 278 valence electrons. The minimum Gasteiger partial charge on any atom is -0.491 e. The molecule has 55 heavy (non-hydrogen) atoms. The number of imidazole rings is 1. The number of alkyl halides is 1. The van der Waals surface area contributed by atoms with E-state index in [9.17, 15) is 9.18 Å². The Kier molecular flexibility index (Phi) is 12.6. The molecule has 1 aromatic heterocycles. The van der Waals surface area contributed by atoms with Crippen molar-refractivity contribution in [2.45, 2.75) is 30.3 Å². The lowest BCUT2D eigenvalue weighted by molar-refractivity contribution is -0.122. The fraction of sp³-hybridized carbons (Fsp3) is 0.222. The number of piperazine rings is 1. The van der Waals surface area contributed by atoms with Crippen LogP contribution < -0.4 is 9.64 Å². The van der Waals surface area contributed by atoms with Gasteiger partial charge in [0, 0.05) is 47.2 Å². The first-order valence-electron chi connectivity index (χ1n) is 18.3. The van der Waals surface area contributed by atoms with Crippen LogP contribution in [0.4, 0.5) is 15.8 Å². The Balaban J connectivity index is 1.20. The number of anilines is 1. The van der Waals surface area contributed by atoms with Crippen LogP contribution in [0.5, 0.6) is 5.75 Å². The van der Waals surface area contributed by atoms with E-state index in [-0.39, 0.29) is 25.1 Å². The summed E-state index contributed by atoms with van der Waals surface area (Å²) in [6, 6.07) is 45.5. The third-order valence-electron chi connectivity index (χ3n) is 9.96. The maximum absolute atomic E-state index is 14.1. The van der Waals surface area contributed by atoms with Gasteiger partial charge < -0.3 is 14.2 Å². The minimum absolute atomic E-state index is 0.00431. The topological polar surface area (TPSA) is 55.0 Å². The molecule has 6 aromatic rings. The van der Waals surface area contributed by atoms with Gasteiger partial charge in [0.05, 0.1) is 29.9 Å². The quantitative estimate of drug-likeness (QED) is 0.0585. The molecular weight excluding hydrogens is 820 g/mol. The van der Waals surface area contributed by atoms with E-state index in [1.165, 1.54) is 16.7 Å². The van der Waals surface area contributed by atoms with Crippen molar-refractivity contribution in [1.82, 2.24) is 14.5 Å². The minimum atomic E-state index is -0.586. The molecule has 0 bridgehead atoms. The molecule has 10 heteroatoms. The standard InChI is InChI=1S/C45H41FIN5O2S/c1-48-39-19-17-34(18-20-39)29-51-33-49-28-42(51)30-50-32-44(53)52(41-25-38(47)26-43(27-41)54-23-22-46)31-40(50)21-24-55-45(35-11-5-2-6-12-35,36-13-7-3-8-14-36)37-15-9-4-10-16-37/h2-20,25-28,33,40H,21-24,29-32H2/t40-/m0/s1. The summed E-state index contributed by atoms with van der Waals surface area (Å²) in [5.41, 5.74) is 7.08. The predicted molar refractivity (Wildman–Crippen MR) is 227 cm³/mol. The van der Waals surface area contributed by atoms with Crippen molar-refractivity contribution in [3.8, 4) is 5.75 Å². The van der Waals surface area contributed by atoms with Crippen LogP contribution in [0.15, 0.2) is 146 Å². The maximum atomic E-state index is 14.1. The van der Waals surface area contributed by atoms with Crippen molar-refractivity contribution in [1.29, 1.82) is 0 Å². The second kappa shape index (κ2) is 18.1. The Hall–Kier alpha value is -4.96. The van der Waals surface area contributed by atoms with E-state index in [2.05, 4.69) is 133 Å². The first kappa shape index (κ1) is 38.3. The number of carbonyl (C=O) groups excluding carboxylic acids is 1. The third kappa shape index (κ3) is 8.96. The summed E-state index contributed by atoms with van der Waals surface area (Å²) in [5.74, 6) is 1.36. The van der Waals surface area contributed by atoms with Crippen molar-refractivity contribution in [3.05, 3.63) is 189 Å². The average molecular weight is 862 g/mol. The van der Waals surface area contributed by atoms with E-state index in [1.54, 1.807) is 0 Å². The molecule has 0 aliphatic carbocycles. The van der Waals surface area contributed by atoms with Gasteiger partial charge in [0.2, 0.25) is 5.91 Å². The average Bonchev–Trinajstić information content (AvgIpc) is 3.66. The number of rotatable bonds is 15. The summed E-state index contributed by atoms with van der Waals surface area (Å²) < 4.78 is 21.3. The van der Waals surface area contributed by atoms with Gasteiger partial charge in [-0.25, -0.2) is 14.2 Å². The SMILES string of the molecule is [C-]#[N+]c1ccc(Cn2cncc2CN2CC(=O)N(c3cc(I)cc(OCCF)c3)C[C@@H]2CCSC(c2ccccc2)(c2ccccc2)c2ccccc2)cc1. The van der Waals surface area contributed by atoms with Crippen LogP contribution in [0.3, 0.4) is 0 Å². The summed E-state index contributed by atoms with van der Waals surface area (Å²) in [7, 11) is 0. The third-order valence-corrected chi connectivity index (χ3v) is 12.2. The summed E-state index contributed by atoms with van der Waals surface area (Å²) in [6.45, 7) is 8.56. The van der Waals surface area contributed by atoms with Crippen LogP contribution in [0.1, 0.15) is 34.4 Å². The Morgan fingerprint density at radius 1 is 0.873 bits per heavy atom. The normalized spacial score (nSPS) is 14.8. The van der Waals surface area contributed by atoms with Gasteiger partial charge >= 0.3 is 0 Å². The number of halogens is 2.